The van der Waals surface area contributed by atoms with E-state index in [2.05, 4.69) is 0 Å². The van der Waals surface area contributed by atoms with Crippen molar-refractivity contribution in [2.45, 2.75) is 18.6 Å². The number of hydrogen-bond donors (Lipinski definition) is 0. The van der Waals surface area contributed by atoms with Gasteiger partial charge in [0.15, 0.2) is 0 Å². The van der Waals surface area contributed by atoms with Crippen LogP contribution in [0.1, 0.15) is 6.92 Å². The summed E-state index contributed by atoms with van der Waals surface area (Å²) in [5, 5.41) is 11.0. The molecule has 2 bridgehead atoms. The first-order valence-electron chi connectivity index (χ1n) is 7.97. The molecule has 3 aliphatic heterocycles. The second-order valence-electron chi connectivity index (χ2n) is 6.47. The minimum absolute atomic E-state index is 0.144. The van der Waals surface area contributed by atoms with Crippen LogP contribution < -0.4 is 4.90 Å². The smallest absolute Gasteiger partial charge is 0.302 e. The number of nitrogens with zero attached hydrogens (tertiary/aromatic N) is 2. The van der Waals surface area contributed by atoms with Crippen molar-refractivity contribution in [1.29, 1.82) is 0 Å². The van der Waals surface area contributed by atoms with Gasteiger partial charge in [-0.05, 0) is 12.1 Å². The van der Waals surface area contributed by atoms with E-state index in [4.69, 9.17) is 9.47 Å². The van der Waals surface area contributed by atoms with Gasteiger partial charge in [-0.3, -0.25) is 24.5 Å². The van der Waals surface area contributed by atoms with Gasteiger partial charge in [-0.1, -0.05) is 12.1 Å². The molecule has 9 heteroatoms. The molecule has 1 aromatic rings. The zero-order valence-electron chi connectivity index (χ0n) is 13.7. The fourth-order valence-corrected chi connectivity index (χ4v) is 3.88. The van der Waals surface area contributed by atoms with Crippen molar-refractivity contribution < 1.29 is 28.8 Å². The molecule has 1 aromatic carbocycles. The van der Waals surface area contributed by atoms with E-state index in [9.17, 15) is 24.5 Å². The predicted molar refractivity (Wildman–Crippen MR) is 85.9 cm³/mol. The predicted octanol–water partition coefficient (Wildman–Crippen LogP) is 0.971. The van der Waals surface area contributed by atoms with Crippen LogP contribution >= 0.6 is 0 Å². The number of hydrogen-bond acceptors (Lipinski definition) is 7. The first-order valence-corrected chi connectivity index (χ1v) is 7.97. The van der Waals surface area contributed by atoms with Crippen LogP contribution in [0.3, 0.4) is 0 Å². The van der Waals surface area contributed by atoms with Crippen molar-refractivity contribution in [3.8, 4) is 0 Å². The summed E-state index contributed by atoms with van der Waals surface area (Å²) in [6, 6.07) is 5.36. The van der Waals surface area contributed by atoms with Gasteiger partial charge in [0.2, 0.25) is 11.8 Å². The first-order chi connectivity index (χ1) is 12.3. The number of carbonyl (C=O) groups is 3. The monoisotopic (exact) mass is 358 g/mol. The average Bonchev–Trinajstić information content (AvgIpc) is 3.24. The van der Waals surface area contributed by atoms with Crippen LogP contribution in [0.15, 0.2) is 36.4 Å². The maximum absolute atomic E-state index is 13.0. The van der Waals surface area contributed by atoms with Crippen molar-refractivity contribution in [2.24, 2.45) is 11.8 Å². The highest BCUT2D eigenvalue weighted by Crippen LogP contribution is 2.52. The van der Waals surface area contributed by atoms with Crippen LogP contribution in [-0.2, 0) is 23.9 Å². The van der Waals surface area contributed by atoms with Gasteiger partial charge in [0.05, 0.1) is 28.6 Å². The van der Waals surface area contributed by atoms with E-state index in [1.165, 1.54) is 31.2 Å². The van der Waals surface area contributed by atoms with Crippen molar-refractivity contribution >= 4 is 29.2 Å². The minimum Gasteiger partial charge on any atom is -0.462 e. The van der Waals surface area contributed by atoms with Crippen molar-refractivity contribution in [2.75, 3.05) is 11.5 Å². The number of carbonyl (C=O) groups excluding carboxylic acids is 3. The first kappa shape index (κ1) is 16.4. The van der Waals surface area contributed by atoms with E-state index in [0.29, 0.717) is 0 Å². The molecule has 4 rings (SSSR count). The largest absolute Gasteiger partial charge is 0.462 e. The Morgan fingerprint density at radius 1 is 1.38 bits per heavy atom. The third-order valence-electron chi connectivity index (χ3n) is 4.95. The van der Waals surface area contributed by atoms with Crippen LogP contribution in [0.5, 0.6) is 0 Å². The third-order valence-corrected chi connectivity index (χ3v) is 4.95. The molecule has 0 aliphatic carbocycles. The van der Waals surface area contributed by atoms with Gasteiger partial charge >= 0.3 is 5.97 Å². The van der Waals surface area contributed by atoms with Gasteiger partial charge in [0.1, 0.15) is 12.2 Å². The molecule has 0 aromatic heterocycles. The molecule has 0 N–H and O–H groups in total. The zero-order chi connectivity index (χ0) is 18.6. The van der Waals surface area contributed by atoms with Gasteiger partial charge < -0.3 is 9.47 Å². The lowest BCUT2D eigenvalue weighted by molar-refractivity contribution is -0.384. The molecule has 2 amide bonds. The maximum Gasteiger partial charge on any atom is 0.302 e. The summed E-state index contributed by atoms with van der Waals surface area (Å²) in [6.07, 6.45) is 2.76. The van der Waals surface area contributed by atoms with Crippen LogP contribution in [0.25, 0.3) is 0 Å². The lowest BCUT2D eigenvalue weighted by atomic mass is 9.77. The van der Waals surface area contributed by atoms with Crippen LogP contribution in [0.4, 0.5) is 11.4 Å². The van der Waals surface area contributed by atoms with E-state index < -0.39 is 46.2 Å². The zero-order valence-corrected chi connectivity index (χ0v) is 13.7. The van der Waals surface area contributed by atoms with Crippen LogP contribution in [-0.4, -0.2) is 41.0 Å². The molecule has 3 heterocycles. The van der Waals surface area contributed by atoms with Gasteiger partial charge in [-0.25, -0.2) is 4.90 Å². The second-order valence-corrected chi connectivity index (χ2v) is 6.47. The Balaban J connectivity index is 1.70. The number of benzene rings is 1. The Morgan fingerprint density at radius 3 is 2.85 bits per heavy atom. The van der Waals surface area contributed by atoms with Gasteiger partial charge in [0, 0.05) is 19.1 Å². The summed E-state index contributed by atoms with van der Waals surface area (Å²) in [5.74, 6) is -3.07. The molecule has 26 heavy (non-hydrogen) atoms. The van der Waals surface area contributed by atoms with Crippen molar-refractivity contribution in [3.05, 3.63) is 46.5 Å². The topological polar surface area (TPSA) is 116 Å². The Kier molecular flexibility index (Phi) is 3.45. The molecule has 3 aliphatic rings. The molecular weight excluding hydrogens is 344 g/mol. The highest BCUT2D eigenvalue weighted by molar-refractivity contribution is 6.23. The fourth-order valence-electron chi connectivity index (χ4n) is 3.88. The number of nitro groups is 1. The Bertz CT molecular complexity index is 880. The normalized spacial score (nSPS) is 31.4. The van der Waals surface area contributed by atoms with Gasteiger partial charge in [0.25, 0.3) is 5.69 Å². The van der Waals surface area contributed by atoms with E-state index in [-0.39, 0.29) is 18.0 Å². The maximum atomic E-state index is 13.0. The number of rotatable bonds is 4. The van der Waals surface area contributed by atoms with E-state index in [1.54, 1.807) is 12.2 Å². The van der Waals surface area contributed by atoms with Crippen molar-refractivity contribution in [3.63, 3.8) is 0 Å². The van der Waals surface area contributed by atoms with Gasteiger partial charge in [-0.15, -0.1) is 0 Å². The molecule has 134 valence electrons. The Morgan fingerprint density at radius 2 is 2.15 bits per heavy atom. The SMILES string of the molecule is CC(=O)OC[C@@]12C=C[C@@H](O1)[C@@H]1C(=O)N(c3cccc([N+](=O)[O-])c3)C(=O)[C@H]12. The molecule has 0 radical (unpaired) electrons. The number of non-ortho nitro benzene ring substituents is 1. The molecular formula is C17H14N2O7. The summed E-state index contributed by atoms with van der Waals surface area (Å²) in [5.41, 5.74) is -1.25. The minimum atomic E-state index is -1.18. The quantitative estimate of drug-likeness (QED) is 0.259. The van der Waals surface area contributed by atoms with E-state index in [0.717, 1.165) is 4.90 Å². The summed E-state index contributed by atoms with van der Waals surface area (Å²) in [7, 11) is 0. The molecule has 0 saturated carbocycles. The van der Waals surface area contributed by atoms with E-state index >= 15 is 0 Å². The molecule has 2 fully saturated rings. The van der Waals surface area contributed by atoms with E-state index in [1.807, 2.05) is 0 Å². The van der Waals surface area contributed by atoms with Gasteiger partial charge in [-0.2, -0.15) is 0 Å². The lowest BCUT2D eigenvalue weighted by Gasteiger charge is -2.28. The summed E-state index contributed by atoms with van der Waals surface area (Å²) < 4.78 is 10.8. The molecule has 0 unspecified atom stereocenters. The summed E-state index contributed by atoms with van der Waals surface area (Å²) >= 11 is 0. The van der Waals surface area contributed by atoms with Crippen molar-refractivity contribution in [1.82, 2.24) is 0 Å². The average molecular weight is 358 g/mol. The number of fused-ring (bicyclic) bond motifs is 5. The highest BCUT2D eigenvalue weighted by atomic mass is 16.6. The number of esters is 1. The fraction of sp³-hybridized carbons (Fsp3) is 0.353. The standard InChI is InChI=1S/C17H14N2O7/c1-9(20)25-8-17-6-5-12(26-17)13-14(17)16(22)18(15(13)21)10-3-2-4-11(7-10)19(23)24/h2-7,12-14H,8H2,1H3/t12-,13+,14+,17-/m1/s1. The molecule has 9 nitrogen and oxygen atoms in total. The van der Waals surface area contributed by atoms with Crippen LogP contribution in [0.2, 0.25) is 0 Å². The Labute approximate surface area is 147 Å². The molecule has 4 atom stereocenters. The molecule has 2 saturated heterocycles. The lowest BCUT2D eigenvalue weighted by Crippen LogP contribution is -2.44. The summed E-state index contributed by atoms with van der Waals surface area (Å²) in [4.78, 5) is 48.4. The van der Waals surface area contributed by atoms with Crippen LogP contribution in [0, 0.1) is 22.0 Å². The number of nitro benzene ring substituents is 1. The third kappa shape index (κ3) is 2.17. The number of anilines is 1. The molecule has 0 spiro atoms. The highest BCUT2D eigenvalue weighted by Gasteiger charge is 2.68. The summed E-state index contributed by atoms with van der Waals surface area (Å²) in [6.45, 7) is 1.08. The number of ether oxygens (including phenoxy) is 2. The number of amides is 2. The Hall–Kier alpha value is -3.07. The second kappa shape index (κ2) is 5.46. The number of imide groups is 1.